The highest BCUT2D eigenvalue weighted by molar-refractivity contribution is 5.32. The third kappa shape index (κ3) is 3.51. The molecule has 3 rings (SSSR count). The van der Waals surface area contributed by atoms with Crippen molar-refractivity contribution in [3.05, 3.63) is 35.4 Å². The van der Waals surface area contributed by atoms with Crippen LogP contribution < -0.4 is 5.73 Å². The highest BCUT2D eigenvalue weighted by Crippen LogP contribution is 2.38. The average molecular weight is 285 g/mol. The molecule has 2 aliphatic rings. The Morgan fingerprint density at radius 1 is 1.10 bits per heavy atom. The van der Waals surface area contributed by atoms with Gasteiger partial charge in [-0.15, -0.1) is 0 Å². The molecule has 0 amide bonds. The molecule has 1 nitrogen and oxygen atoms in total. The zero-order valence-corrected chi connectivity index (χ0v) is 13.6. The van der Waals surface area contributed by atoms with Gasteiger partial charge >= 0.3 is 0 Å². The van der Waals surface area contributed by atoms with E-state index >= 15 is 0 Å². The molecule has 2 aliphatic carbocycles. The Bertz CT molecular complexity index is 445. The van der Waals surface area contributed by atoms with Crippen molar-refractivity contribution in [2.45, 2.75) is 76.7 Å². The van der Waals surface area contributed by atoms with Crippen molar-refractivity contribution in [1.82, 2.24) is 0 Å². The lowest BCUT2D eigenvalue weighted by Gasteiger charge is -2.35. The Labute approximate surface area is 130 Å². The van der Waals surface area contributed by atoms with Crippen LogP contribution in [0.2, 0.25) is 0 Å². The van der Waals surface area contributed by atoms with Crippen LogP contribution in [-0.4, -0.2) is 6.04 Å². The molecular formula is C20H31N. The lowest BCUT2D eigenvalue weighted by Crippen LogP contribution is -2.35. The predicted octanol–water partition coefficient (Wildman–Crippen LogP) is 5.04. The monoisotopic (exact) mass is 285 g/mol. The third-order valence-electron chi connectivity index (χ3n) is 6.12. The molecule has 0 radical (unpaired) electrons. The van der Waals surface area contributed by atoms with E-state index in [0.717, 1.165) is 11.8 Å². The van der Waals surface area contributed by atoms with Gasteiger partial charge in [-0.25, -0.2) is 0 Å². The van der Waals surface area contributed by atoms with Crippen LogP contribution in [-0.2, 0) is 6.42 Å². The van der Waals surface area contributed by atoms with E-state index in [1.54, 1.807) is 11.1 Å². The molecule has 0 aliphatic heterocycles. The molecule has 1 aromatic rings. The Hall–Kier alpha value is -0.820. The van der Waals surface area contributed by atoms with Gasteiger partial charge < -0.3 is 5.73 Å². The Kier molecular flexibility index (Phi) is 5.00. The molecule has 1 aromatic carbocycles. The summed E-state index contributed by atoms with van der Waals surface area (Å²) in [5.74, 6) is 2.47. The summed E-state index contributed by atoms with van der Waals surface area (Å²) in [6.07, 6.45) is 12.1. The molecule has 0 bridgehead atoms. The summed E-state index contributed by atoms with van der Waals surface area (Å²) in [5.41, 5.74) is 9.80. The summed E-state index contributed by atoms with van der Waals surface area (Å²) in [6, 6.07) is 9.47. The van der Waals surface area contributed by atoms with Gasteiger partial charge in [0.25, 0.3) is 0 Å². The minimum absolute atomic E-state index is 0.416. The minimum Gasteiger partial charge on any atom is -0.327 e. The molecule has 21 heavy (non-hydrogen) atoms. The zero-order valence-electron chi connectivity index (χ0n) is 13.6. The molecule has 1 heteroatoms. The first kappa shape index (κ1) is 15.1. The maximum absolute atomic E-state index is 6.62. The lowest BCUT2D eigenvalue weighted by molar-refractivity contribution is 0.225. The first-order valence-electron chi connectivity index (χ1n) is 9.11. The maximum atomic E-state index is 6.62. The van der Waals surface area contributed by atoms with Crippen molar-refractivity contribution >= 4 is 0 Å². The van der Waals surface area contributed by atoms with Gasteiger partial charge in [0.2, 0.25) is 0 Å². The number of benzene rings is 1. The van der Waals surface area contributed by atoms with E-state index in [4.69, 9.17) is 5.73 Å². The number of hydrogen-bond donors (Lipinski definition) is 1. The highest BCUT2D eigenvalue weighted by Gasteiger charge is 2.28. The van der Waals surface area contributed by atoms with Crippen molar-refractivity contribution < 1.29 is 0 Å². The number of fused-ring (bicyclic) bond motifs is 1. The average Bonchev–Trinajstić information content (AvgIpc) is 2.55. The third-order valence-corrected chi connectivity index (χ3v) is 6.12. The molecule has 2 atom stereocenters. The van der Waals surface area contributed by atoms with Crippen molar-refractivity contribution in [2.75, 3.05) is 0 Å². The van der Waals surface area contributed by atoms with Crippen LogP contribution in [0.1, 0.15) is 75.3 Å². The van der Waals surface area contributed by atoms with Crippen LogP contribution in [0.4, 0.5) is 0 Å². The molecule has 1 saturated carbocycles. The minimum atomic E-state index is 0.416. The van der Waals surface area contributed by atoms with Gasteiger partial charge in [-0.05, 0) is 67.4 Å². The van der Waals surface area contributed by atoms with E-state index in [9.17, 15) is 0 Å². The SMILES string of the molecule is CCC1CCC(C(N)CC2CCCc3ccccc32)CC1. The van der Waals surface area contributed by atoms with Crippen LogP contribution in [0.25, 0.3) is 0 Å². The van der Waals surface area contributed by atoms with E-state index < -0.39 is 0 Å². The fourth-order valence-corrected chi connectivity index (χ4v) is 4.64. The molecule has 0 saturated heterocycles. The summed E-state index contributed by atoms with van der Waals surface area (Å²) < 4.78 is 0. The lowest BCUT2D eigenvalue weighted by atomic mass is 9.73. The van der Waals surface area contributed by atoms with Crippen LogP contribution in [0, 0.1) is 11.8 Å². The molecule has 116 valence electrons. The van der Waals surface area contributed by atoms with Gasteiger partial charge in [0.15, 0.2) is 0 Å². The molecule has 0 spiro atoms. The van der Waals surface area contributed by atoms with E-state index in [-0.39, 0.29) is 0 Å². The normalized spacial score (nSPS) is 30.7. The van der Waals surface area contributed by atoms with Crippen LogP contribution >= 0.6 is 0 Å². The van der Waals surface area contributed by atoms with Crippen molar-refractivity contribution in [3.8, 4) is 0 Å². The van der Waals surface area contributed by atoms with Crippen molar-refractivity contribution in [1.29, 1.82) is 0 Å². The van der Waals surface area contributed by atoms with Crippen molar-refractivity contribution in [3.63, 3.8) is 0 Å². The first-order chi connectivity index (χ1) is 10.3. The number of hydrogen-bond acceptors (Lipinski definition) is 1. The van der Waals surface area contributed by atoms with E-state index in [2.05, 4.69) is 31.2 Å². The summed E-state index contributed by atoms with van der Waals surface area (Å²) in [6.45, 7) is 2.34. The predicted molar refractivity (Wildman–Crippen MR) is 90.5 cm³/mol. The standard InChI is InChI=1S/C20H31N/c1-2-15-10-12-17(13-11-15)20(21)14-18-8-5-7-16-6-3-4-9-19(16)18/h3-4,6,9,15,17-18,20H,2,5,7-8,10-14,21H2,1H3. The molecule has 0 aromatic heterocycles. The summed E-state index contributed by atoms with van der Waals surface area (Å²) in [4.78, 5) is 0. The van der Waals surface area contributed by atoms with Crippen LogP contribution in [0.3, 0.4) is 0 Å². The first-order valence-corrected chi connectivity index (χ1v) is 9.11. The summed E-state index contributed by atoms with van der Waals surface area (Å²) >= 11 is 0. The van der Waals surface area contributed by atoms with E-state index in [0.29, 0.717) is 12.0 Å². The fraction of sp³-hybridized carbons (Fsp3) is 0.700. The quantitative estimate of drug-likeness (QED) is 0.824. The molecule has 2 N–H and O–H groups in total. The number of aryl methyl sites for hydroxylation is 1. The Morgan fingerprint density at radius 3 is 2.62 bits per heavy atom. The van der Waals surface area contributed by atoms with Gasteiger partial charge in [0.1, 0.15) is 0 Å². The van der Waals surface area contributed by atoms with E-state index in [1.165, 1.54) is 57.8 Å². The second-order valence-electron chi connectivity index (χ2n) is 7.38. The molecule has 2 unspecified atom stereocenters. The van der Waals surface area contributed by atoms with Gasteiger partial charge in [0, 0.05) is 6.04 Å². The Balaban J connectivity index is 1.60. The zero-order chi connectivity index (χ0) is 14.7. The van der Waals surface area contributed by atoms with Crippen molar-refractivity contribution in [2.24, 2.45) is 17.6 Å². The smallest absolute Gasteiger partial charge is 0.00729 e. The van der Waals surface area contributed by atoms with Crippen LogP contribution in [0.5, 0.6) is 0 Å². The largest absolute Gasteiger partial charge is 0.327 e. The molecule has 0 heterocycles. The van der Waals surface area contributed by atoms with Gasteiger partial charge in [-0.2, -0.15) is 0 Å². The summed E-state index contributed by atoms with van der Waals surface area (Å²) in [5, 5.41) is 0. The summed E-state index contributed by atoms with van der Waals surface area (Å²) in [7, 11) is 0. The van der Waals surface area contributed by atoms with E-state index in [1.807, 2.05) is 0 Å². The number of nitrogens with two attached hydrogens (primary N) is 1. The van der Waals surface area contributed by atoms with Gasteiger partial charge in [-0.1, -0.05) is 50.5 Å². The fourth-order valence-electron chi connectivity index (χ4n) is 4.64. The molecule has 1 fully saturated rings. The Morgan fingerprint density at radius 2 is 1.86 bits per heavy atom. The molecular weight excluding hydrogens is 254 g/mol. The number of rotatable bonds is 4. The van der Waals surface area contributed by atoms with Gasteiger partial charge in [-0.3, -0.25) is 0 Å². The highest BCUT2D eigenvalue weighted by atomic mass is 14.7. The maximum Gasteiger partial charge on any atom is 0.00729 e. The topological polar surface area (TPSA) is 26.0 Å². The van der Waals surface area contributed by atoms with Crippen LogP contribution in [0.15, 0.2) is 24.3 Å². The second kappa shape index (κ2) is 6.96. The second-order valence-corrected chi connectivity index (χ2v) is 7.38. The van der Waals surface area contributed by atoms with Gasteiger partial charge in [0.05, 0.1) is 0 Å².